The monoisotopic (exact) mass is 892 g/mol. The minimum atomic E-state index is -0.456. The summed E-state index contributed by atoms with van der Waals surface area (Å²) in [6.45, 7) is 0. The molecule has 1 N–H and O–H groups in total. The Morgan fingerprint density at radius 1 is 0.386 bits per heavy atom. The van der Waals surface area contributed by atoms with Crippen LogP contribution in [0.1, 0.15) is 22.9 Å². The maximum atomic E-state index is 6.57. The summed E-state index contributed by atoms with van der Waals surface area (Å²) >= 11 is 0. The van der Waals surface area contributed by atoms with Crippen molar-refractivity contribution in [2.24, 2.45) is 9.98 Å². The quantitative estimate of drug-likeness (QED) is 0.175. The number of hydrogen-bond acceptors (Lipinski definition) is 4. The minimum Gasteiger partial charge on any atom is -0.456 e. The molecule has 0 amide bonds. The molecular formula is C65H40N4O. The van der Waals surface area contributed by atoms with Crippen LogP contribution >= 0.6 is 0 Å². The Bertz CT molecular complexity index is 4550. The molecule has 3 heterocycles. The predicted octanol–water partition coefficient (Wildman–Crippen LogP) is 16.6. The zero-order chi connectivity index (χ0) is 45.9. The molecule has 0 saturated heterocycles. The molecule has 1 atom stereocenters. The second-order valence-corrected chi connectivity index (χ2v) is 18.5. The van der Waals surface area contributed by atoms with Crippen molar-refractivity contribution in [3.63, 3.8) is 0 Å². The van der Waals surface area contributed by atoms with Crippen molar-refractivity contribution >= 4 is 109 Å². The van der Waals surface area contributed by atoms with Gasteiger partial charge in [0.05, 0.1) is 16.7 Å². The van der Waals surface area contributed by atoms with Gasteiger partial charge in [-0.25, -0.2) is 9.98 Å². The molecule has 0 fully saturated rings. The molecule has 1 aliphatic rings. The number of hydrogen-bond donors (Lipinski definition) is 1. The molecule has 5 nitrogen and oxygen atoms in total. The highest BCUT2D eigenvalue weighted by Crippen LogP contribution is 2.42. The van der Waals surface area contributed by atoms with Crippen LogP contribution in [-0.4, -0.2) is 16.2 Å². The van der Waals surface area contributed by atoms with Crippen molar-refractivity contribution in [3.05, 3.63) is 247 Å². The molecule has 5 heteroatoms. The zero-order valence-electron chi connectivity index (χ0n) is 37.8. The van der Waals surface area contributed by atoms with E-state index in [9.17, 15) is 0 Å². The number of fused-ring (bicyclic) bond motifs is 14. The molecule has 1 aliphatic heterocycles. The molecule has 1 unspecified atom stereocenters. The van der Waals surface area contributed by atoms with Gasteiger partial charge in [0.25, 0.3) is 0 Å². The average molecular weight is 893 g/mol. The lowest BCUT2D eigenvalue weighted by Gasteiger charge is -2.26. The molecule has 0 radical (unpaired) electrons. The largest absolute Gasteiger partial charge is 0.456 e. The molecule has 2 aromatic heterocycles. The zero-order valence-corrected chi connectivity index (χ0v) is 37.8. The smallest absolute Gasteiger partial charge is 0.159 e. The summed E-state index contributed by atoms with van der Waals surface area (Å²) in [6.07, 6.45) is -0.456. The molecule has 12 aromatic carbocycles. The predicted molar refractivity (Wildman–Crippen MR) is 293 cm³/mol. The Morgan fingerprint density at radius 2 is 0.986 bits per heavy atom. The van der Waals surface area contributed by atoms with Crippen molar-refractivity contribution in [2.45, 2.75) is 6.17 Å². The Labute approximate surface area is 401 Å². The lowest BCUT2D eigenvalue weighted by molar-refractivity contribution is 0.669. The third-order valence-electron chi connectivity index (χ3n) is 14.6. The van der Waals surface area contributed by atoms with E-state index in [1.165, 1.54) is 59.2 Å². The fraction of sp³-hybridized carbons (Fsp3) is 0.0154. The lowest BCUT2D eigenvalue weighted by Crippen LogP contribution is -2.33. The van der Waals surface area contributed by atoms with E-state index < -0.39 is 6.17 Å². The van der Waals surface area contributed by atoms with Gasteiger partial charge in [0.1, 0.15) is 23.2 Å². The molecule has 0 saturated carbocycles. The highest BCUT2D eigenvalue weighted by atomic mass is 16.3. The number of para-hydroxylation sites is 2. The van der Waals surface area contributed by atoms with E-state index in [1.807, 2.05) is 12.1 Å². The topological polar surface area (TPSA) is 54.8 Å². The second-order valence-electron chi connectivity index (χ2n) is 18.5. The first-order valence-electron chi connectivity index (χ1n) is 23.9. The van der Waals surface area contributed by atoms with E-state index in [1.54, 1.807) is 0 Å². The summed E-state index contributed by atoms with van der Waals surface area (Å²) in [5, 5.41) is 20.6. The van der Waals surface area contributed by atoms with E-state index >= 15 is 0 Å². The minimum absolute atomic E-state index is 0.456. The maximum absolute atomic E-state index is 6.57. The van der Waals surface area contributed by atoms with E-state index in [2.05, 4.69) is 228 Å². The number of aliphatic imine (C=N–C) groups is 2. The first kappa shape index (κ1) is 38.8. The van der Waals surface area contributed by atoms with Gasteiger partial charge in [-0.1, -0.05) is 170 Å². The van der Waals surface area contributed by atoms with Crippen LogP contribution in [0.2, 0.25) is 0 Å². The van der Waals surface area contributed by atoms with Crippen molar-refractivity contribution in [3.8, 4) is 16.8 Å². The number of nitrogens with zero attached hydrogens (tertiary/aromatic N) is 3. The van der Waals surface area contributed by atoms with Gasteiger partial charge in [0, 0.05) is 43.8 Å². The van der Waals surface area contributed by atoms with Gasteiger partial charge < -0.3 is 14.3 Å². The van der Waals surface area contributed by atoms with Gasteiger partial charge >= 0.3 is 0 Å². The molecule has 70 heavy (non-hydrogen) atoms. The van der Waals surface area contributed by atoms with Crippen molar-refractivity contribution in [2.75, 3.05) is 0 Å². The van der Waals surface area contributed by atoms with E-state index in [0.29, 0.717) is 5.84 Å². The number of nitrogens with one attached hydrogen (secondary N) is 1. The van der Waals surface area contributed by atoms with Crippen LogP contribution in [0.15, 0.2) is 245 Å². The van der Waals surface area contributed by atoms with Crippen LogP contribution in [0, 0.1) is 0 Å². The third kappa shape index (κ3) is 5.91. The third-order valence-corrected chi connectivity index (χ3v) is 14.6. The van der Waals surface area contributed by atoms with Crippen LogP contribution in [0.3, 0.4) is 0 Å². The van der Waals surface area contributed by atoms with E-state index in [0.717, 1.165) is 77.7 Å². The Kier molecular flexibility index (Phi) is 8.36. The average Bonchev–Trinajstić information content (AvgIpc) is 3.96. The summed E-state index contributed by atoms with van der Waals surface area (Å²) in [4.78, 5) is 11.0. The Balaban J connectivity index is 0.978. The number of rotatable bonds is 5. The molecule has 0 spiro atoms. The lowest BCUT2D eigenvalue weighted by atomic mass is 9.90. The van der Waals surface area contributed by atoms with Gasteiger partial charge in [-0.05, 0) is 120 Å². The number of furan rings is 1. The number of aromatic nitrogens is 1. The Hall–Kier alpha value is -9.32. The van der Waals surface area contributed by atoms with E-state index in [4.69, 9.17) is 14.4 Å². The summed E-state index contributed by atoms with van der Waals surface area (Å²) in [7, 11) is 0. The standard InChI is InChI=1S/C65H40N4O/c1-2-15-40-34-44(29-28-39(40)14-1)63-66-64(68-65(67-63)54-25-13-24-53-48-19-6-5-18-46(48)47-20-7-8-23-52(47)62(53)54)45-31-33-58(55(36-45)43-30-32-51-50-22-10-12-27-60(50)70-61(51)38-43)69-57-26-11-9-21-49(57)56-35-41-16-3-4-17-42(41)37-59(56)69/h1-38,65H,(H,66,67,68). The summed E-state index contributed by atoms with van der Waals surface area (Å²) in [6, 6.07) is 83.0. The Morgan fingerprint density at radius 3 is 1.79 bits per heavy atom. The van der Waals surface area contributed by atoms with Gasteiger partial charge in [0.2, 0.25) is 0 Å². The first-order valence-corrected chi connectivity index (χ1v) is 23.9. The maximum Gasteiger partial charge on any atom is 0.159 e. The van der Waals surface area contributed by atoms with Gasteiger partial charge in [-0.15, -0.1) is 0 Å². The molecule has 14 aromatic rings. The van der Waals surface area contributed by atoms with Gasteiger partial charge in [-0.2, -0.15) is 0 Å². The molecule has 0 bridgehead atoms. The van der Waals surface area contributed by atoms with Crippen LogP contribution in [-0.2, 0) is 0 Å². The molecule has 0 aliphatic carbocycles. The fourth-order valence-electron chi connectivity index (χ4n) is 11.3. The molecule has 326 valence electrons. The van der Waals surface area contributed by atoms with Crippen LogP contribution < -0.4 is 5.32 Å². The van der Waals surface area contributed by atoms with Crippen molar-refractivity contribution < 1.29 is 4.42 Å². The van der Waals surface area contributed by atoms with Crippen LogP contribution in [0.4, 0.5) is 0 Å². The highest BCUT2D eigenvalue weighted by Gasteiger charge is 2.26. The summed E-state index contributed by atoms with van der Waals surface area (Å²) in [5.74, 6) is 1.42. The first-order chi connectivity index (χ1) is 34.7. The normalized spacial score (nSPS) is 14.1. The summed E-state index contributed by atoms with van der Waals surface area (Å²) < 4.78 is 9.01. The van der Waals surface area contributed by atoms with Crippen molar-refractivity contribution in [1.82, 2.24) is 9.88 Å². The second kappa shape index (κ2) is 15.1. The summed E-state index contributed by atoms with van der Waals surface area (Å²) in [5.41, 5.74) is 10.2. The molecular weight excluding hydrogens is 853 g/mol. The number of benzene rings is 12. The van der Waals surface area contributed by atoms with Crippen LogP contribution in [0.25, 0.3) is 114 Å². The van der Waals surface area contributed by atoms with E-state index in [-0.39, 0.29) is 0 Å². The molecule has 15 rings (SSSR count). The van der Waals surface area contributed by atoms with Gasteiger partial charge in [0.15, 0.2) is 5.84 Å². The van der Waals surface area contributed by atoms with Crippen LogP contribution in [0.5, 0.6) is 0 Å². The van der Waals surface area contributed by atoms with Crippen molar-refractivity contribution in [1.29, 1.82) is 0 Å². The van der Waals surface area contributed by atoms with Gasteiger partial charge in [-0.3, -0.25) is 0 Å². The SMILES string of the molecule is c1ccc2cc(C3=NC(c4cccc5c6ccccc6c6ccccc6c45)NC(c4ccc(-n5c6ccccc6c6cc7ccccc7cc65)c(-c5ccc6c(c5)oc5ccccc56)c4)=N3)ccc2c1. The number of amidine groups is 2. The fourth-order valence-corrected chi connectivity index (χ4v) is 11.3. The highest BCUT2D eigenvalue weighted by molar-refractivity contribution is 6.26.